The summed E-state index contributed by atoms with van der Waals surface area (Å²) < 4.78 is 4.60. The number of hydrogen-bond acceptors (Lipinski definition) is 2. The fourth-order valence-corrected chi connectivity index (χ4v) is 1.67. The molecule has 0 atom stereocenters. The van der Waals surface area contributed by atoms with Crippen LogP contribution in [0.2, 0.25) is 0 Å². The molecule has 19 heavy (non-hydrogen) atoms. The molecule has 0 aliphatic rings. The molecule has 0 rings (SSSR count). The summed E-state index contributed by atoms with van der Waals surface area (Å²) in [4.78, 5) is 11.0. The van der Waals surface area contributed by atoms with E-state index in [1.807, 2.05) is 6.92 Å². The third-order valence-corrected chi connectivity index (χ3v) is 3.19. The number of methoxy groups -OCH3 is 1. The molecule has 108 valence electrons. The van der Waals surface area contributed by atoms with Crippen molar-refractivity contribution in [2.75, 3.05) is 7.11 Å². The lowest BCUT2D eigenvalue weighted by Crippen LogP contribution is -1.95. The fourth-order valence-electron chi connectivity index (χ4n) is 1.67. The van der Waals surface area contributed by atoms with Crippen LogP contribution in [-0.4, -0.2) is 13.1 Å². The second-order valence-electron chi connectivity index (χ2n) is 5.05. The monoisotopic (exact) mass is 264 g/mol. The molecule has 0 radical (unpaired) electrons. The second kappa shape index (κ2) is 10.6. The van der Waals surface area contributed by atoms with Gasteiger partial charge in [0.1, 0.15) is 0 Å². The van der Waals surface area contributed by atoms with Crippen LogP contribution in [0, 0.1) is 0 Å². The molecule has 0 aromatic heterocycles. The van der Waals surface area contributed by atoms with Crippen molar-refractivity contribution >= 4 is 5.97 Å². The Hall–Kier alpha value is -1.31. The number of rotatable bonds is 8. The highest BCUT2D eigenvalue weighted by molar-refractivity contribution is 5.82. The van der Waals surface area contributed by atoms with Crippen LogP contribution in [0.3, 0.4) is 0 Å². The highest BCUT2D eigenvalue weighted by Gasteiger charge is 1.96. The Bertz CT molecular complexity index is 359. The highest BCUT2D eigenvalue weighted by atomic mass is 16.5. The average Bonchev–Trinajstić information content (AvgIpc) is 2.38. The Morgan fingerprint density at radius 3 is 2.00 bits per heavy atom. The molecule has 2 nitrogen and oxygen atoms in total. The van der Waals surface area contributed by atoms with E-state index < -0.39 is 0 Å². The van der Waals surface area contributed by atoms with E-state index in [9.17, 15) is 4.79 Å². The van der Waals surface area contributed by atoms with E-state index in [-0.39, 0.29) is 5.97 Å². The minimum absolute atomic E-state index is 0.265. The number of hydrogen-bond donors (Lipinski definition) is 0. The van der Waals surface area contributed by atoms with Gasteiger partial charge in [0.15, 0.2) is 0 Å². The summed E-state index contributed by atoms with van der Waals surface area (Å²) in [6.07, 6.45) is 11.4. The molecular formula is C17H28O2. The predicted octanol–water partition coefficient (Wildman–Crippen LogP) is 4.97. The largest absolute Gasteiger partial charge is 0.466 e. The van der Waals surface area contributed by atoms with Crippen LogP contribution >= 0.6 is 0 Å². The molecule has 0 aromatic rings. The van der Waals surface area contributed by atoms with E-state index in [4.69, 9.17) is 0 Å². The molecule has 0 bridgehead atoms. The van der Waals surface area contributed by atoms with Gasteiger partial charge in [0.2, 0.25) is 0 Å². The topological polar surface area (TPSA) is 26.3 Å². The summed E-state index contributed by atoms with van der Waals surface area (Å²) in [6, 6.07) is 0. The second-order valence-corrected chi connectivity index (χ2v) is 5.05. The third kappa shape index (κ3) is 10.3. The number of allylic oxidation sites excluding steroid dienone is 5. The van der Waals surface area contributed by atoms with E-state index >= 15 is 0 Å². The molecular weight excluding hydrogens is 236 g/mol. The Kier molecular flexibility index (Phi) is 9.87. The average molecular weight is 264 g/mol. The van der Waals surface area contributed by atoms with Crippen LogP contribution in [0.25, 0.3) is 0 Å². The predicted molar refractivity (Wildman–Crippen MR) is 82.0 cm³/mol. The maximum absolute atomic E-state index is 11.0. The van der Waals surface area contributed by atoms with Crippen molar-refractivity contribution in [2.45, 2.75) is 59.8 Å². The zero-order valence-electron chi connectivity index (χ0n) is 13.1. The van der Waals surface area contributed by atoms with Crippen LogP contribution in [0.4, 0.5) is 0 Å². The molecule has 0 fully saturated rings. The molecule has 0 spiro atoms. The van der Waals surface area contributed by atoms with E-state index in [0.29, 0.717) is 0 Å². The maximum Gasteiger partial charge on any atom is 0.330 e. The molecule has 0 unspecified atom stereocenters. The molecule has 0 aromatic carbocycles. The minimum Gasteiger partial charge on any atom is -0.466 e. The Morgan fingerprint density at radius 1 is 0.947 bits per heavy atom. The summed E-state index contributed by atoms with van der Waals surface area (Å²) >= 11 is 0. The zero-order valence-corrected chi connectivity index (χ0v) is 13.1. The fraction of sp³-hybridized carbons (Fsp3) is 0.588. The van der Waals surface area contributed by atoms with Crippen LogP contribution in [-0.2, 0) is 9.53 Å². The van der Waals surface area contributed by atoms with Gasteiger partial charge in [-0.2, -0.15) is 0 Å². The van der Waals surface area contributed by atoms with Crippen molar-refractivity contribution < 1.29 is 9.53 Å². The Labute approximate surface area is 118 Å². The number of carbonyl (C=O) groups excluding carboxylic acids is 1. The summed E-state index contributed by atoms with van der Waals surface area (Å²) in [5.74, 6) is -0.265. The molecule has 0 heterocycles. The van der Waals surface area contributed by atoms with Gasteiger partial charge in [0, 0.05) is 6.08 Å². The molecule has 0 saturated carbocycles. The minimum atomic E-state index is -0.265. The van der Waals surface area contributed by atoms with Crippen molar-refractivity contribution in [1.29, 1.82) is 0 Å². The van der Waals surface area contributed by atoms with Gasteiger partial charge in [-0.1, -0.05) is 35.8 Å². The van der Waals surface area contributed by atoms with Crippen molar-refractivity contribution in [3.63, 3.8) is 0 Å². The van der Waals surface area contributed by atoms with Crippen LogP contribution in [0.5, 0.6) is 0 Å². The standard InChI is InChI=1S/C17H28O2/c1-6-14(2)9-7-10-15(3)11-8-12-16(4)13-17(18)19-5/h9,11,13H,6-8,10,12H2,1-5H3. The first-order chi connectivity index (χ1) is 8.99. The molecule has 0 saturated heterocycles. The number of carbonyl (C=O) groups is 1. The van der Waals surface area contributed by atoms with Crippen LogP contribution in [0.1, 0.15) is 59.8 Å². The van der Waals surface area contributed by atoms with Gasteiger partial charge in [-0.25, -0.2) is 4.79 Å². The lowest BCUT2D eigenvalue weighted by atomic mass is 10.1. The first kappa shape index (κ1) is 17.7. The number of ether oxygens (including phenoxy) is 1. The Balaban J connectivity index is 4.00. The van der Waals surface area contributed by atoms with Gasteiger partial charge < -0.3 is 4.74 Å². The van der Waals surface area contributed by atoms with Crippen molar-refractivity contribution in [2.24, 2.45) is 0 Å². The lowest BCUT2D eigenvalue weighted by Gasteiger charge is -2.01. The SMILES string of the molecule is CCC(C)=CCCC(C)=CCCC(C)=CC(=O)OC. The van der Waals surface area contributed by atoms with E-state index in [0.717, 1.165) is 37.7 Å². The summed E-state index contributed by atoms with van der Waals surface area (Å²) in [7, 11) is 1.40. The third-order valence-electron chi connectivity index (χ3n) is 3.19. The van der Waals surface area contributed by atoms with Crippen LogP contribution < -0.4 is 0 Å². The van der Waals surface area contributed by atoms with Crippen molar-refractivity contribution in [1.82, 2.24) is 0 Å². The molecule has 0 N–H and O–H groups in total. The van der Waals surface area contributed by atoms with Crippen molar-refractivity contribution in [3.8, 4) is 0 Å². The maximum atomic E-state index is 11.0. The zero-order chi connectivity index (χ0) is 14.7. The van der Waals surface area contributed by atoms with Crippen LogP contribution in [0.15, 0.2) is 34.9 Å². The lowest BCUT2D eigenvalue weighted by molar-refractivity contribution is -0.134. The molecule has 2 heteroatoms. The molecule has 0 aliphatic heterocycles. The quantitative estimate of drug-likeness (QED) is 0.351. The van der Waals surface area contributed by atoms with Gasteiger partial charge in [0.05, 0.1) is 7.11 Å². The van der Waals surface area contributed by atoms with Gasteiger partial charge in [-0.05, 0) is 52.9 Å². The normalized spacial score (nSPS) is 13.6. The van der Waals surface area contributed by atoms with E-state index in [1.165, 1.54) is 18.3 Å². The first-order valence-corrected chi connectivity index (χ1v) is 7.06. The first-order valence-electron chi connectivity index (χ1n) is 7.06. The van der Waals surface area contributed by atoms with Gasteiger partial charge >= 0.3 is 5.97 Å². The van der Waals surface area contributed by atoms with Gasteiger partial charge in [-0.15, -0.1) is 0 Å². The summed E-state index contributed by atoms with van der Waals surface area (Å²) in [5.41, 5.74) is 3.95. The van der Waals surface area contributed by atoms with Gasteiger partial charge in [0.25, 0.3) is 0 Å². The highest BCUT2D eigenvalue weighted by Crippen LogP contribution is 2.12. The number of esters is 1. The van der Waals surface area contributed by atoms with Gasteiger partial charge in [-0.3, -0.25) is 0 Å². The summed E-state index contributed by atoms with van der Waals surface area (Å²) in [6.45, 7) is 8.51. The molecule has 0 amide bonds. The van der Waals surface area contributed by atoms with E-state index in [2.05, 4.69) is 37.7 Å². The van der Waals surface area contributed by atoms with E-state index in [1.54, 1.807) is 6.08 Å². The summed E-state index contributed by atoms with van der Waals surface area (Å²) in [5, 5.41) is 0. The Morgan fingerprint density at radius 2 is 1.47 bits per heavy atom. The smallest absolute Gasteiger partial charge is 0.330 e. The van der Waals surface area contributed by atoms with Crippen molar-refractivity contribution in [3.05, 3.63) is 34.9 Å². The molecule has 0 aliphatic carbocycles.